The van der Waals surface area contributed by atoms with Gasteiger partial charge in [-0.1, -0.05) is 36.4 Å². The van der Waals surface area contributed by atoms with E-state index in [0.29, 0.717) is 11.3 Å². The average Bonchev–Trinajstić information content (AvgIpc) is 2.51. The summed E-state index contributed by atoms with van der Waals surface area (Å²) >= 11 is 0. The molecular formula is C18H15NO2. The van der Waals surface area contributed by atoms with Gasteiger partial charge in [-0.15, -0.1) is 0 Å². The number of nitrogens with one attached hydrogen (secondary N) is 1. The van der Waals surface area contributed by atoms with Crippen LogP contribution in [0.2, 0.25) is 0 Å². The first-order valence-electron chi connectivity index (χ1n) is 6.81. The molecule has 0 amide bonds. The number of hydrogen-bond donors (Lipinski definition) is 1. The van der Waals surface area contributed by atoms with Crippen molar-refractivity contribution in [1.82, 2.24) is 0 Å². The molecule has 0 aliphatic heterocycles. The molecular weight excluding hydrogens is 262 g/mol. The maximum atomic E-state index is 11.8. The van der Waals surface area contributed by atoms with Crippen LogP contribution < -0.4 is 16.2 Å². The van der Waals surface area contributed by atoms with Crippen molar-refractivity contribution in [2.45, 2.75) is 13.8 Å². The Labute approximate surface area is 122 Å². The van der Waals surface area contributed by atoms with Gasteiger partial charge in [0.15, 0.2) is 0 Å². The first kappa shape index (κ1) is 13.3. The second kappa shape index (κ2) is 5.02. The molecule has 0 aromatic heterocycles. The molecule has 1 N–H and O–H groups in total. The summed E-state index contributed by atoms with van der Waals surface area (Å²) in [6.45, 7) is 4.05. The molecule has 0 heterocycles. The van der Waals surface area contributed by atoms with Crippen molar-refractivity contribution in [3.63, 3.8) is 0 Å². The maximum Gasteiger partial charge on any atom is 0.250 e. The molecule has 3 aromatic carbocycles. The topological polar surface area (TPSA) is 46.2 Å². The van der Waals surface area contributed by atoms with Crippen LogP contribution in [0.15, 0.2) is 58.1 Å². The molecule has 3 rings (SSSR count). The summed E-state index contributed by atoms with van der Waals surface area (Å²) in [5.74, 6) is 0. The van der Waals surface area contributed by atoms with Crippen LogP contribution in [0.5, 0.6) is 0 Å². The summed E-state index contributed by atoms with van der Waals surface area (Å²) in [5, 5.41) is 3.08. The highest BCUT2D eigenvalue weighted by molar-refractivity contribution is 5.84. The third-order valence-corrected chi connectivity index (χ3v) is 3.75. The number of aryl methyl sites for hydroxylation is 2. The zero-order chi connectivity index (χ0) is 15.0. The van der Waals surface area contributed by atoms with E-state index in [9.17, 15) is 9.59 Å². The SMILES string of the molecule is Cc1ccc(Nc2c(-c3ccccc3)c(=O)c2=O)cc1C. The predicted molar refractivity (Wildman–Crippen MR) is 86.0 cm³/mol. The third-order valence-electron chi connectivity index (χ3n) is 3.75. The van der Waals surface area contributed by atoms with Crippen LogP contribution in [-0.4, -0.2) is 0 Å². The van der Waals surface area contributed by atoms with Gasteiger partial charge < -0.3 is 5.32 Å². The minimum atomic E-state index is -0.452. The van der Waals surface area contributed by atoms with Crippen LogP contribution >= 0.6 is 0 Å². The van der Waals surface area contributed by atoms with Crippen molar-refractivity contribution in [2.24, 2.45) is 0 Å². The second-order valence-electron chi connectivity index (χ2n) is 5.20. The van der Waals surface area contributed by atoms with E-state index in [-0.39, 0.29) is 0 Å². The van der Waals surface area contributed by atoms with Gasteiger partial charge >= 0.3 is 0 Å². The molecule has 0 unspecified atom stereocenters. The van der Waals surface area contributed by atoms with Crippen LogP contribution in [0.1, 0.15) is 11.1 Å². The Morgan fingerprint density at radius 3 is 2.19 bits per heavy atom. The summed E-state index contributed by atoms with van der Waals surface area (Å²) in [6, 6.07) is 15.1. The highest BCUT2D eigenvalue weighted by Gasteiger charge is 2.22. The molecule has 104 valence electrons. The molecule has 0 fully saturated rings. The van der Waals surface area contributed by atoms with Gasteiger partial charge in [-0.3, -0.25) is 9.59 Å². The summed E-state index contributed by atoms with van der Waals surface area (Å²) in [7, 11) is 0. The summed E-state index contributed by atoms with van der Waals surface area (Å²) in [4.78, 5) is 23.7. The quantitative estimate of drug-likeness (QED) is 0.747. The predicted octanol–water partition coefficient (Wildman–Crippen LogP) is 3.31. The van der Waals surface area contributed by atoms with E-state index in [4.69, 9.17) is 0 Å². The van der Waals surface area contributed by atoms with Crippen molar-refractivity contribution < 1.29 is 0 Å². The number of benzene rings is 2. The van der Waals surface area contributed by atoms with Gasteiger partial charge in [0.2, 0.25) is 5.43 Å². The number of rotatable bonds is 3. The highest BCUT2D eigenvalue weighted by atomic mass is 16.2. The minimum absolute atomic E-state index is 0.384. The van der Waals surface area contributed by atoms with Crippen LogP contribution in [0.4, 0.5) is 11.4 Å². The van der Waals surface area contributed by atoms with E-state index < -0.39 is 10.9 Å². The van der Waals surface area contributed by atoms with Crippen LogP contribution in [0.3, 0.4) is 0 Å². The Bertz CT molecular complexity index is 872. The molecule has 0 bridgehead atoms. The van der Waals surface area contributed by atoms with Crippen molar-refractivity contribution in [2.75, 3.05) is 5.32 Å². The fourth-order valence-corrected chi connectivity index (χ4v) is 2.35. The van der Waals surface area contributed by atoms with Crippen molar-refractivity contribution in [3.05, 3.63) is 80.1 Å². The molecule has 0 atom stereocenters. The van der Waals surface area contributed by atoms with E-state index in [2.05, 4.69) is 5.32 Å². The molecule has 0 saturated heterocycles. The molecule has 0 saturated carbocycles. The normalized spacial score (nSPS) is 10.8. The molecule has 21 heavy (non-hydrogen) atoms. The molecule has 0 aliphatic carbocycles. The fraction of sp³-hybridized carbons (Fsp3) is 0.111. The monoisotopic (exact) mass is 277 g/mol. The molecule has 3 nitrogen and oxygen atoms in total. The zero-order valence-electron chi connectivity index (χ0n) is 11.9. The van der Waals surface area contributed by atoms with E-state index in [0.717, 1.165) is 16.8 Å². The van der Waals surface area contributed by atoms with E-state index in [1.54, 1.807) is 0 Å². The third kappa shape index (κ3) is 2.27. The summed E-state index contributed by atoms with van der Waals surface area (Å²) in [5.41, 5.74) is 3.90. The highest BCUT2D eigenvalue weighted by Crippen LogP contribution is 2.26. The standard InChI is InChI=1S/C18H15NO2/c1-11-8-9-14(10-12(11)2)19-16-15(17(20)18(16)21)13-6-4-3-5-7-13/h3-10,19H,1-2H3. The second-order valence-corrected chi connectivity index (χ2v) is 5.20. The lowest BCUT2D eigenvalue weighted by Crippen LogP contribution is -2.35. The smallest absolute Gasteiger partial charge is 0.250 e. The van der Waals surface area contributed by atoms with Gasteiger partial charge in [0, 0.05) is 5.69 Å². The van der Waals surface area contributed by atoms with Crippen molar-refractivity contribution in [3.8, 4) is 11.1 Å². The molecule has 0 radical (unpaired) electrons. The molecule has 3 heteroatoms. The molecule has 0 spiro atoms. The van der Waals surface area contributed by atoms with Gasteiger partial charge in [-0.05, 0) is 42.7 Å². The Morgan fingerprint density at radius 2 is 1.52 bits per heavy atom. The number of anilines is 2. The Kier molecular flexibility index (Phi) is 3.18. The maximum absolute atomic E-state index is 11.8. The van der Waals surface area contributed by atoms with Gasteiger partial charge in [-0.25, -0.2) is 0 Å². The fourth-order valence-electron chi connectivity index (χ4n) is 2.35. The zero-order valence-corrected chi connectivity index (χ0v) is 11.9. The van der Waals surface area contributed by atoms with Gasteiger partial charge in [0.1, 0.15) is 5.69 Å². The van der Waals surface area contributed by atoms with Crippen LogP contribution in [0.25, 0.3) is 11.1 Å². The van der Waals surface area contributed by atoms with Gasteiger partial charge in [0.05, 0.1) is 5.56 Å². The van der Waals surface area contributed by atoms with E-state index in [1.165, 1.54) is 5.56 Å². The lowest BCUT2D eigenvalue weighted by Gasteiger charge is -2.14. The van der Waals surface area contributed by atoms with E-state index >= 15 is 0 Å². The average molecular weight is 277 g/mol. The van der Waals surface area contributed by atoms with Crippen molar-refractivity contribution >= 4 is 11.4 Å². The Morgan fingerprint density at radius 1 is 0.810 bits per heavy atom. The molecule has 0 aliphatic rings. The minimum Gasteiger partial charge on any atom is -0.352 e. The Hall–Kier alpha value is -2.68. The van der Waals surface area contributed by atoms with Crippen LogP contribution in [-0.2, 0) is 0 Å². The summed E-state index contributed by atoms with van der Waals surface area (Å²) < 4.78 is 0. The largest absolute Gasteiger partial charge is 0.352 e. The summed E-state index contributed by atoms with van der Waals surface area (Å²) in [6.07, 6.45) is 0. The Balaban J connectivity index is 2.01. The van der Waals surface area contributed by atoms with Crippen LogP contribution in [0, 0.1) is 13.8 Å². The number of hydrogen-bond acceptors (Lipinski definition) is 3. The van der Waals surface area contributed by atoms with Gasteiger partial charge in [-0.2, -0.15) is 0 Å². The molecule has 3 aromatic rings. The lowest BCUT2D eigenvalue weighted by molar-refractivity contribution is 1.32. The van der Waals surface area contributed by atoms with Gasteiger partial charge in [0.25, 0.3) is 5.43 Å². The lowest BCUT2D eigenvalue weighted by atomic mass is 9.98. The first-order chi connectivity index (χ1) is 10.1. The first-order valence-corrected chi connectivity index (χ1v) is 6.81. The van der Waals surface area contributed by atoms with Crippen molar-refractivity contribution in [1.29, 1.82) is 0 Å². The van der Waals surface area contributed by atoms with E-state index in [1.807, 2.05) is 62.4 Å².